The number of hydrogen-bond donors (Lipinski definition) is 0. The maximum atomic E-state index is 5.56. The van der Waals surface area contributed by atoms with Gasteiger partial charge in [-0.2, -0.15) is 5.10 Å². The van der Waals surface area contributed by atoms with Crippen molar-refractivity contribution in [1.82, 2.24) is 14.7 Å². The van der Waals surface area contributed by atoms with E-state index in [0.717, 1.165) is 41.7 Å². The molecule has 1 aliphatic rings. The fourth-order valence-electron chi connectivity index (χ4n) is 3.12. The Hall–Kier alpha value is -1.33. The van der Waals surface area contributed by atoms with Crippen LogP contribution in [-0.4, -0.2) is 32.1 Å². The minimum absolute atomic E-state index is 0.873. The zero-order valence-corrected chi connectivity index (χ0v) is 15.4. The van der Waals surface area contributed by atoms with Gasteiger partial charge >= 0.3 is 0 Å². The normalized spacial score (nSPS) is 13.1. The molecule has 0 fully saturated rings. The predicted molar refractivity (Wildman–Crippen MR) is 102 cm³/mol. The minimum atomic E-state index is 0.873. The first-order valence-electron chi connectivity index (χ1n) is 8.31. The Balaban J connectivity index is 1.80. The van der Waals surface area contributed by atoms with Crippen LogP contribution < -0.4 is 0 Å². The lowest BCUT2D eigenvalue weighted by molar-refractivity contribution is 0.482. The molecule has 0 saturated carbocycles. The SMILES string of the molecule is CCN(CC)C(=S)SCc1nn(-c2ccccc2)c2c1CCC2. The van der Waals surface area contributed by atoms with Crippen molar-refractivity contribution in [3.05, 3.63) is 47.3 Å². The summed E-state index contributed by atoms with van der Waals surface area (Å²) in [4.78, 5) is 2.23. The molecule has 1 aromatic carbocycles. The van der Waals surface area contributed by atoms with Crippen LogP contribution in [0.5, 0.6) is 0 Å². The second-order valence-corrected chi connectivity index (χ2v) is 7.31. The lowest BCUT2D eigenvalue weighted by Gasteiger charge is -2.20. The molecule has 0 bridgehead atoms. The number of thiocarbonyl (C=S) groups is 1. The molecule has 5 heteroatoms. The molecule has 0 unspecified atom stereocenters. The molecular weight excluding hydrogens is 322 g/mol. The highest BCUT2D eigenvalue weighted by Crippen LogP contribution is 2.30. The first-order valence-corrected chi connectivity index (χ1v) is 9.70. The van der Waals surface area contributed by atoms with Gasteiger partial charge in [0.2, 0.25) is 0 Å². The number of hydrogen-bond acceptors (Lipinski definition) is 3. The summed E-state index contributed by atoms with van der Waals surface area (Å²) in [6.45, 7) is 6.24. The van der Waals surface area contributed by atoms with Gasteiger partial charge in [-0.1, -0.05) is 42.2 Å². The van der Waals surface area contributed by atoms with Crippen molar-refractivity contribution in [2.75, 3.05) is 13.1 Å². The number of thioether (sulfide) groups is 1. The Morgan fingerprint density at radius 1 is 1.22 bits per heavy atom. The molecule has 1 heterocycles. The van der Waals surface area contributed by atoms with Crippen molar-refractivity contribution in [1.29, 1.82) is 0 Å². The Morgan fingerprint density at radius 2 is 1.96 bits per heavy atom. The summed E-state index contributed by atoms with van der Waals surface area (Å²) in [6.07, 6.45) is 3.51. The molecule has 0 aliphatic heterocycles. The molecule has 1 aliphatic carbocycles. The van der Waals surface area contributed by atoms with Crippen molar-refractivity contribution in [2.24, 2.45) is 0 Å². The second-order valence-electron chi connectivity index (χ2n) is 5.70. The molecule has 1 aromatic heterocycles. The number of fused-ring (bicyclic) bond motifs is 1. The van der Waals surface area contributed by atoms with Crippen LogP contribution in [0.2, 0.25) is 0 Å². The average molecular weight is 346 g/mol. The van der Waals surface area contributed by atoms with Gasteiger partial charge in [0.15, 0.2) is 0 Å². The minimum Gasteiger partial charge on any atom is -0.358 e. The van der Waals surface area contributed by atoms with Crippen LogP contribution in [0.15, 0.2) is 30.3 Å². The fourth-order valence-corrected chi connectivity index (χ4v) is 4.48. The third kappa shape index (κ3) is 3.45. The molecule has 0 spiro atoms. The molecule has 0 N–H and O–H groups in total. The monoisotopic (exact) mass is 345 g/mol. The van der Waals surface area contributed by atoms with Gasteiger partial charge < -0.3 is 4.90 Å². The van der Waals surface area contributed by atoms with Gasteiger partial charge in [-0.25, -0.2) is 4.68 Å². The van der Waals surface area contributed by atoms with Crippen LogP contribution in [0.4, 0.5) is 0 Å². The molecule has 3 rings (SSSR count). The summed E-state index contributed by atoms with van der Waals surface area (Å²) in [5, 5.41) is 4.90. The van der Waals surface area contributed by atoms with Crippen molar-refractivity contribution in [3.63, 3.8) is 0 Å². The van der Waals surface area contributed by atoms with E-state index in [4.69, 9.17) is 17.3 Å². The molecule has 0 amide bonds. The van der Waals surface area contributed by atoms with E-state index in [2.05, 4.69) is 47.7 Å². The van der Waals surface area contributed by atoms with Crippen LogP contribution in [0.3, 0.4) is 0 Å². The number of nitrogens with zero attached hydrogens (tertiary/aromatic N) is 3. The summed E-state index contributed by atoms with van der Waals surface area (Å²) in [5.41, 5.74) is 5.21. The van der Waals surface area contributed by atoms with Gasteiger partial charge in [-0.05, 0) is 50.8 Å². The smallest absolute Gasteiger partial charge is 0.136 e. The molecule has 3 nitrogen and oxygen atoms in total. The lowest BCUT2D eigenvalue weighted by atomic mass is 10.2. The molecule has 0 atom stereocenters. The van der Waals surface area contributed by atoms with E-state index in [1.807, 2.05) is 6.07 Å². The largest absolute Gasteiger partial charge is 0.358 e. The number of rotatable bonds is 5. The van der Waals surface area contributed by atoms with E-state index in [-0.39, 0.29) is 0 Å². The van der Waals surface area contributed by atoms with Gasteiger partial charge in [0.25, 0.3) is 0 Å². The van der Waals surface area contributed by atoms with Crippen molar-refractivity contribution >= 4 is 28.3 Å². The highest BCUT2D eigenvalue weighted by molar-refractivity contribution is 8.22. The van der Waals surface area contributed by atoms with Crippen LogP contribution >= 0.6 is 24.0 Å². The topological polar surface area (TPSA) is 21.1 Å². The van der Waals surface area contributed by atoms with Crippen molar-refractivity contribution < 1.29 is 0 Å². The fraction of sp³-hybridized carbons (Fsp3) is 0.444. The molecule has 23 heavy (non-hydrogen) atoms. The summed E-state index contributed by atoms with van der Waals surface area (Å²) in [6, 6.07) is 10.4. The summed E-state index contributed by atoms with van der Waals surface area (Å²) in [5.74, 6) is 0.873. The molecule has 2 aromatic rings. The van der Waals surface area contributed by atoms with Crippen LogP contribution in [-0.2, 0) is 18.6 Å². The van der Waals surface area contributed by atoms with Gasteiger partial charge in [-0.15, -0.1) is 0 Å². The first-order chi connectivity index (χ1) is 11.2. The quantitative estimate of drug-likeness (QED) is 0.756. The Bertz CT molecular complexity index is 675. The van der Waals surface area contributed by atoms with E-state index in [1.54, 1.807) is 11.8 Å². The van der Waals surface area contributed by atoms with Crippen LogP contribution in [0.1, 0.15) is 37.2 Å². The van der Waals surface area contributed by atoms with Crippen LogP contribution in [0, 0.1) is 0 Å². The van der Waals surface area contributed by atoms with E-state index in [0.29, 0.717) is 0 Å². The standard InChI is InChI=1S/C18H23N3S2/c1-3-20(4-2)18(22)23-13-16-15-11-8-12-17(15)21(19-16)14-9-6-5-7-10-14/h5-7,9-10H,3-4,8,11-13H2,1-2H3. The average Bonchev–Trinajstić information content (AvgIpc) is 3.17. The zero-order chi connectivity index (χ0) is 16.2. The van der Waals surface area contributed by atoms with Gasteiger partial charge in [-0.3, -0.25) is 0 Å². The first kappa shape index (κ1) is 16.5. The molecule has 0 saturated heterocycles. The van der Waals surface area contributed by atoms with E-state index >= 15 is 0 Å². The third-order valence-corrected chi connectivity index (χ3v) is 5.90. The van der Waals surface area contributed by atoms with Crippen molar-refractivity contribution in [3.8, 4) is 5.69 Å². The molecule has 0 radical (unpaired) electrons. The maximum Gasteiger partial charge on any atom is 0.136 e. The third-order valence-electron chi connectivity index (χ3n) is 4.37. The second kappa shape index (κ2) is 7.49. The number of para-hydroxylation sites is 1. The highest BCUT2D eigenvalue weighted by atomic mass is 32.2. The van der Waals surface area contributed by atoms with E-state index in [9.17, 15) is 0 Å². The van der Waals surface area contributed by atoms with E-state index < -0.39 is 0 Å². The number of benzene rings is 1. The lowest BCUT2D eigenvalue weighted by Crippen LogP contribution is -2.26. The maximum absolute atomic E-state index is 5.56. The summed E-state index contributed by atoms with van der Waals surface area (Å²) in [7, 11) is 0. The van der Waals surface area contributed by atoms with Crippen LogP contribution in [0.25, 0.3) is 5.69 Å². The molecule has 122 valence electrons. The van der Waals surface area contributed by atoms with Gasteiger partial charge in [0.05, 0.1) is 11.4 Å². The predicted octanol–water partition coefficient (Wildman–Crippen LogP) is 4.22. The Kier molecular flexibility index (Phi) is 5.38. The molecular formula is C18H23N3S2. The zero-order valence-electron chi connectivity index (χ0n) is 13.8. The number of aromatic nitrogens is 2. The van der Waals surface area contributed by atoms with E-state index in [1.165, 1.54) is 23.4 Å². The highest BCUT2D eigenvalue weighted by Gasteiger charge is 2.23. The van der Waals surface area contributed by atoms with Gasteiger partial charge in [0, 0.05) is 24.5 Å². The summed E-state index contributed by atoms with van der Waals surface area (Å²) < 4.78 is 3.12. The Morgan fingerprint density at radius 3 is 2.65 bits per heavy atom. The Labute approximate surface area is 148 Å². The van der Waals surface area contributed by atoms with Gasteiger partial charge in [0.1, 0.15) is 4.32 Å². The van der Waals surface area contributed by atoms with Crippen molar-refractivity contribution in [2.45, 2.75) is 38.9 Å². The summed E-state index contributed by atoms with van der Waals surface area (Å²) >= 11 is 7.30.